The summed E-state index contributed by atoms with van der Waals surface area (Å²) in [6.45, 7) is 1.03. The van der Waals surface area contributed by atoms with Crippen molar-refractivity contribution in [3.8, 4) is 10.4 Å². The Bertz CT molecular complexity index is 1320. The van der Waals surface area contributed by atoms with Crippen molar-refractivity contribution in [2.45, 2.75) is 25.3 Å². The number of imidazole rings is 1. The highest BCUT2D eigenvalue weighted by atomic mass is 32.1. The Morgan fingerprint density at radius 1 is 1.22 bits per heavy atom. The maximum Gasteiger partial charge on any atom is 0.268 e. The van der Waals surface area contributed by atoms with E-state index in [0.29, 0.717) is 22.8 Å². The Balaban J connectivity index is 1.39. The molecule has 1 saturated carbocycles. The first-order chi connectivity index (χ1) is 15.6. The van der Waals surface area contributed by atoms with Crippen LogP contribution in [0.3, 0.4) is 0 Å². The summed E-state index contributed by atoms with van der Waals surface area (Å²) in [6, 6.07) is 15.4. The van der Waals surface area contributed by atoms with Crippen LogP contribution in [0.1, 0.15) is 35.0 Å². The van der Waals surface area contributed by atoms with Crippen LogP contribution in [-0.4, -0.2) is 34.0 Å². The predicted molar refractivity (Wildman–Crippen MR) is 128 cm³/mol. The number of anilines is 1. The van der Waals surface area contributed by atoms with Crippen molar-refractivity contribution in [1.82, 2.24) is 19.9 Å². The molecule has 7 nitrogen and oxygen atoms in total. The number of pyridine rings is 1. The highest BCUT2D eigenvalue weighted by Crippen LogP contribution is 2.43. The fourth-order valence-corrected chi connectivity index (χ4v) is 5.27. The van der Waals surface area contributed by atoms with Crippen LogP contribution in [-0.2, 0) is 0 Å². The van der Waals surface area contributed by atoms with Gasteiger partial charge in [-0.25, -0.2) is 4.98 Å². The van der Waals surface area contributed by atoms with Crippen LogP contribution in [0.15, 0.2) is 59.5 Å². The average Bonchev–Trinajstić information content (AvgIpc) is 3.38. The Labute approximate surface area is 189 Å². The number of hydrogen-bond acceptors (Lipinski definition) is 5. The van der Waals surface area contributed by atoms with Gasteiger partial charge in [-0.1, -0.05) is 12.1 Å². The maximum atomic E-state index is 13.1. The fraction of sp³-hybridized carbons (Fsp3) is 0.292. The summed E-state index contributed by atoms with van der Waals surface area (Å²) in [5, 5.41) is 6.27. The second-order valence-electron chi connectivity index (χ2n) is 8.24. The van der Waals surface area contributed by atoms with Crippen LogP contribution in [0.5, 0.6) is 0 Å². The van der Waals surface area contributed by atoms with Gasteiger partial charge >= 0.3 is 0 Å². The van der Waals surface area contributed by atoms with Gasteiger partial charge in [0, 0.05) is 23.2 Å². The summed E-state index contributed by atoms with van der Waals surface area (Å²) in [6.07, 6.45) is 4.97. The molecule has 1 aliphatic carbocycles. The van der Waals surface area contributed by atoms with Crippen LogP contribution in [0.25, 0.3) is 21.5 Å². The van der Waals surface area contributed by atoms with Gasteiger partial charge in [0.1, 0.15) is 0 Å². The van der Waals surface area contributed by atoms with Crippen LogP contribution in [0.4, 0.5) is 5.95 Å². The van der Waals surface area contributed by atoms with Gasteiger partial charge < -0.3 is 14.9 Å². The first-order valence-electron chi connectivity index (χ1n) is 10.8. The van der Waals surface area contributed by atoms with E-state index in [4.69, 9.17) is 4.98 Å². The SMILES string of the molecule is CNCCC1CC(n2c(NC(=O)c3ccc(-c4cc[nH]c(=O)c4)s3)nc3ccccc32)C1. The molecule has 1 amide bonds. The smallest absolute Gasteiger partial charge is 0.268 e. The van der Waals surface area contributed by atoms with E-state index in [1.54, 1.807) is 12.3 Å². The predicted octanol–water partition coefficient (Wildman–Crippen LogP) is 4.27. The summed E-state index contributed by atoms with van der Waals surface area (Å²) in [4.78, 5) is 33.5. The van der Waals surface area contributed by atoms with Crippen molar-refractivity contribution < 1.29 is 4.79 Å². The van der Waals surface area contributed by atoms with E-state index >= 15 is 0 Å². The molecule has 0 saturated heterocycles. The van der Waals surface area contributed by atoms with E-state index in [0.717, 1.165) is 40.9 Å². The first kappa shape index (κ1) is 20.7. The zero-order valence-corrected chi connectivity index (χ0v) is 18.6. The molecule has 4 aromatic rings. The molecule has 0 atom stereocenters. The molecule has 8 heteroatoms. The van der Waals surface area contributed by atoms with E-state index in [-0.39, 0.29) is 11.5 Å². The Hall–Kier alpha value is -3.23. The molecule has 0 bridgehead atoms. The topological polar surface area (TPSA) is 91.8 Å². The number of aromatic amines is 1. The fourth-order valence-electron chi connectivity index (χ4n) is 4.37. The molecule has 1 aliphatic rings. The summed E-state index contributed by atoms with van der Waals surface area (Å²) in [7, 11) is 1.99. The molecule has 0 aliphatic heterocycles. The van der Waals surface area contributed by atoms with Gasteiger partial charge in [-0.2, -0.15) is 0 Å². The summed E-state index contributed by atoms with van der Waals surface area (Å²) in [5.41, 5.74) is 2.57. The van der Waals surface area contributed by atoms with Crippen molar-refractivity contribution in [2.24, 2.45) is 5.92 Å². The highest BCUT2D eigenvalue weighted by Gasteiger charge is 2.33. The number of hydrogen-bond donors (Lipinski definition) is 3. The number of amides is 1. The lowest BCUT2D eigenvalue weighted by molar-refractivity contribution is 0.102. The molecule has 1 aromatic carbocycles. The van der Waals surface area contributed by atoms with Crippen molar-refractivity contribution >= 4 is 34.2 Å². The normalized spacial score (nSPS) is 17.9. The maximum absolute atomic E-state index is 13.1. The third kappa shape index (κ3) is 3.99. The quantitative estimate of drug-likeness (QED) is 0.395. The number of benzene rings is 1. The van der Waals surface area contributed by atoms with Gasteiger partial charge in [0.25, 0.3) is 5.91 Å². The second kappa shape index (κ2) is 8.72. The van der Waals surface area contributed by atoms with E-state index in [9.17, 15) is 9.59 Å². The number of para-hydroxylation sites is 2. The van der Waals surface area contributed by atoms with Gasteiger partial charge in [-0.15, -0.1) is 11.3 Å². The van der Waals surface area contributed by atoms with E-state index in [2.05, 4.69) is 26.3 Å². The van der Waals surface area contributed by atoms with Crippen LogP contribution in [0.2, 0.25) is 0 Å². The lowest BCUT2D eigenvalue weighted by atomic mass is 9.78. The lowest BCUT2D eigenvalue weighted by Gasteiger charge is -2.37. The van der Waals surface area contributed by atoms with Gasteiger partial charge in [-0.05, 0) is 74.7 Å². The van der Waals surface area contributed by atoms with Gasteiger partial charge in [0.05, 0.1) is 15.9 Å². The van der Waals surface area contributed by atoms with Crippen molar-refractivity contribution in [2.75, 3.05) is 18.9 Å². The molecule has 0 spiro atoms. The number of H-pyrrole nitrogens is 1. The molecule has 3 aromatic heterocycles. The summed E-state index contributed by atoms with van der Waals surface area (Å²) < 4.78 is 2.19. The molecule has 3 N–H and O–H groups in total. The monoisotopic (exact) mass is 447 g/mol. The van der Waals surface area contributed by atoms with Crippen LogP contribution < -0.4 is 16.2 Å². The van der Waals surface area contributed by atoms with E-state index < -0.39 is 0 Å². The van der Waals surface area contributed by atoms with E-state index in [1.165, 1.54) is 23.8 Å². The Morgan fingerprint density at radius 2 is 2.06 bits per heavy atom. The standard InChI is InChI=1S/C24H25N5O2S/c1-25-10-8-15-12-17(13-15)29-19-5-3-2-4-18(19)27-24(29)28-23(31)21-7-6-20(32-21)16-9-11-26-22(30)14-16/h2-7,9,11,14-15,17,25H,8,10,12-13H2,1H3,(H,26,30)(H,27,28,31). The highest BCUT2D eigenvalue weighted by molar-refractivity contribution is 7.17. The minimum atomic E-state index is -0.186. The Kier molecular flexibility index (Phi) is 5.63. The Morgan fingerprint density at radius 3 is 2.88 bits per heavy atom. The number of aromatic nitrogens is 3. The van der Waals surface area contributed by atoms with Crippen molar-refractivity contribution in [1.29, 1.82) is 0 Å². The van der Waals surface area contributed by atoms with E-state index in [1.807, 2.05) is 37.4 Å². The third-order valence-electron chi connectivity index (χ3n) is 6.09. The zero-order valence-electron chi connectivity index (χ0n) is 17.8. The van der Waals surface area contributed by atoms with Gasteiger partial charge in [0.15, 0.2) is 0 Å². The molecule has 32 heavy (non-hydrogen) atoms. The largest absolute Gasteiger partial charge is 0.329 e. The van der Waals surface area contributed by atoms with Crippen molar-refractivity contribution in [3.05, 3.63) is 70.0 Å². The average molecular weight is 448 g/mol. The van der Waals surface area contributed by atoms with Crippen LogP contribution >= 0.6 is 11.3 Å². The number of rotatable bonds is 7. The van der Waals surface area contributed by atoms with Crippen LogP contribution in [0, 0.1) is 5.92 Å². The molecule has 3 heterocycles. The minimum Gasteiger partial charge on any atom is -0.329 e. The van der Waals surface area contributed by atoms with Gasteiger partial charge in [0.2, 0.25) is 11.5 Å². The second-order valence-corrected chi connectivity index (χ2v) is 9.32. The first-order valence-corrected chi connectivity index (χ1v) is 11.7. The number of carbonyl (C=O) groups is 1. The number of thiophene rings is 1. The molecule has 1 fully saturated rings. The molecule has 0 radical (unpaired) electrons. The summed E-state index contributed by atoms with van der Waals surface area (Å²) in [5.74, 6) is 1.11. The molecule has 164 valence electrons. The molecule has 5 rings (SSSR count). The lowest BCUT2D eigenvalue weighted by Crippen LogP contribution is -2.30. The molecule has 0 unspecified atom stereocenters. The third-order valence-corrected chi connectivity index (χ3v) is 7.22. The summed E-state index contributed by atoms with van der Waals surface area (Å²) >= 11 is 1.36. The minimum absolute atomic E-state index is 0.163. The number of fused-ring (bicyclic) bond motifs is 1. The zero-order chi connectivity index (χ0) is 22.1. The molecular formula is C24H25N5O2S. The number of carbonyl (C=O) groups excluding carboxylic acids is 1. The number of nitrogens with one attached hydrogen (secondary N) is 3. The molecular weight excluding hydrogens is 422 g/mol. The number of nitrogens with zero attached hydrogens (tertiary/aromatic N) is 2. The van der Waals surface area contributed by atoms with Crippen molar-refractivity contribution in [3.63, 3.8) is 0 Å². The van der Waals surface area contributed by atoms with Gasteiger partial charge in [-0.3, -0.25) is 14.9 Å².